The van der Waals surface area contributed by atoms with Crippen LogP contribution in [0.25, 0.3) is 0 Å². The first-order valence-electron chi connectivity index (χ1n) is 12.2. The van der Waals surface area contributed by atoms with E-state index in [4.69, 9.17) is 4.99 Å². The van der Waals surface area contributed by atoms with Crippen LogP contribution in [0.5, 0.6) is 0 Å². The molecule has 1 aliphatic rings. The van der Waals surface area contributed by atoms with E-state index in [1.807, 2.05) is 73.3 Å². The number of carbonyl (C=O) groups excluding carboxylic acids is 1. The minimum absolute atomic E-state index is 0.0765. The van der Waals surface area contributed by atoms with E-state index in [1.54, 1.807) is 0 Å². The van der Waals surface area contributed by atoms with Crippen molar-refractivity contribution in [2.75, 3.05) is 39.3 Å². The van der Waals surface area contributed by atoms with Crippen molar-refractivity contribution in [3.63, 3.8) is 0 Å². The zero-order chi connectivity index (χ0) is 23.8. The summed E-state index contributed by atoms with van der Waals surface area (Å²) in [6.45, 7) is 10.2. The second kappa shape index (κ2) is 11.6. The van der Waals surface area contributed by atoms with Crippen molar-refractivity contribution < 1.29 is 4.79 Å². The average molecular weight is 455 g/mol. The normalized spacial score (nSPS) is 14.8. The summed E-state index contributed by atoms with van der Waals surface area (Å²) in [7, 11) is 0. The molecule has 1 heterocycles. The van der Waals surface area contributed by atoms with Gasteiger partial charge >= 0.3 is 0 Å². The summed E-state index contributed by atoms with van der Waals surface area (Å²) < 4.78 is 0. The van der Waals surface area contributed by atoms with Gasteiger partial charge in [0.05, 0.1) is 5.69 Å². The molecule has 0 saturated carbocycles. The van der Waals surface area contributed by atoms with Crippen LogP contribution in [0.3, 0.4) is 0 Å². The van der Waals surface area contributed by atoms with E-state index >= 15 is 0 Å². The Morgan fingerprint density at radius 3 is 1.91 bits per heavy atom. The van der Waals surface area contributed by atoms with Gasteiger partial charge in [-0.1, -0.05) is 60.7 Å². The SMILES string of the molecule is CCN(CC)C(=O)c1ccc(C(=Nc2ccccc2)N2CCN(Cc3ccccc3)CC2)cc1. The number of rotatable bonds is 7. The molecular formula is C29H34N4O. The van der Waals surface area contributed by atoms with Gasteiger partial charge in [0.1, 0.15) is 5.84 Å². The van der Waals surface area contributed by atoms with E-state index in [1.165, 1.54) is 5.56 Å². The van der Waals surface area contributed by atoms with Gasteiger partial charge in [-0.2, -0.15) is 0 Å². The Morgan fingerprint density at radius 1 is 0.765 bits per heavy atom. The molecule has 1 aliphatic heterocycles. The number of para-hydroxylation sites is 1. The van der Waals surface area contributed by atoms with E-state index in [9.17, 15) is 4.79 Å². The highest BCUT2D eigenvalue weighted by atomic mass is 16.2. The molecule has 0 radical (unpaired) electrons. The molecule has 0 aliphatic carbocycles. The van der Waals surface area contributed by atoms with E-state index in [2.05, 4.69) is 40.1 Å². The third kappa shape index (κ3) is 5.91. The van der Waals surface area contributed by atoms with Gasteiger partial charge in [-0.3, -0.25) is 9.69 Å². The van der Waals surface area contributed by atoms with Crippen molar-refractivity contribution in [2.45, 2.75) is 20.4 Å². The number of hydrogen-bond donors (Lipinski definition) is 0. The zero-order valence-corrected chi connectivity index (χ0v) is 20.2. The molecule has 1 amide bonds. The Balaban J connectivity index is 1.53. The van der Waals surface area contributed by atoms with Crippen molar-refractivity contribution in [2.24, 2.45) is 4.99 Å². The number of nitrogens with zero attached hydrogens (tertiary/aromatic N) is 4. The van der Waals surface area contributed by atoms with Gasteiger partial charge in [-0.25, -0.2) is 4.99 Å². The van der Waals surface area contributed by atoms with Crippen LogP contribution in [0.2, 0.25) is 0 Å². The summed E-state index contributed by atoms with van der Waals surface area (Å²) in [5.74, 6) is 1.04. The largest absolute Gasteiger partial charge is 0.354 e. The fourth-order valence-corrected chi connectivity index (χ4v) is 4.36. The predicted molar refractivity (Wildman–Crippen MR) is 140 cm³/mol. The van der Waals surface area contributed by atoms with Crippen molar-refractivity contribution in [3.05, 3.63) is 102 Å². The van der Waals surface area contributed by atoms with Gasteiger partial charge in [0.25, 0.3) is 5.91 Å². The molecule has 0 atom stereocenters. The molecule has 3 aromatic carbocycles. The topological polar surface area (TPSA) is 39.2 Å². The van der Waals surface area contributed by atoms with Gasteiger partial charge in [0.15, 0.2) is 0 Å². The van der Waals surface area contributed by atoms with Crippen molar-refractivity contribution in [1.82, 2.24) is 14.7 Å². The first-order valence-corrected chi connectivity index (χ1v) is 12.2. The fourth-order valence-electron chi connectivity index (χ4n) is 4.36. The van der Waals surface area contributed by atoms with Crippen molar-refractivity contribution >= 4 is 17.4 Å². The third-order valence-electron chi connectivity index (χ3n) is 6.35. The zero-order valence-electron chi connectivity index (χ0n) is 20.2. The molecule has 5 heteroatoms. The predicted octanol–water partition coefficient (Wildman–Crippen LogP) is 5.06. The van der Waals surface area contributed by atoms with Crippen molar-refractivity contribution in [1.29, 1.82) is 0 Å². The lowest BCUT2D eigenvalue weighted by atomic mass is 10.1. The number of benzene rings is 3. The number of hydrogen-bond acceptors (Lipinski definition) is 3. The van der Waals surface area contributed by atoms with Crippen LogP contribution in [0.1, 0.15) is 35.3 Å². The molecule has 176 valence electrons. The molecule has 0 unspecified atom stereocenters. The highest BCUT2D eigenvalue weighted by molar-refractivity contribution is 6.01. The molecule has 34 heavy (non-hydrogen) atoms. The standard InChI is InChI=1S/C29H34N4O/c1-3-32(4-2)29(34)26-17-15-25(16-18-26)28(30-27-13-9-6-10-14-27)33-21-19-31(20-22-33)23-24-11-7-5-8-12-24/h5-18H,3-4,19-23H2,1-2H3. The summed E-state index contributed by atoms with van der Waals surface area (Å²) in [6, 6.07) is 28.7. The van der Waals surface area contributed by atoms with E-state index in [-0.39, 0.29) is 5.91 Å². The lowest BCUT2D eigenvalue weighted by Gasteiger charge is -2.36. The number of aliphatic imine (C=N–C) groups is 1. The lowest BCUT2D eigenvalue weighted by Crippen LogP contribution is -2.48. The first kappa shape index (κ1) is 23.7. The quantitative estimate of drug-likeness (QED) is 0.370. The van der Waals surface area contributed by atoms with E-state index in [0.717, 1.165) is 55.4 Å². The van der Waals surface area contributed by atoms with E-state index < -0.39 is 0 Å². The van der Waals surface area contributed by atoms with Crippen molar-refractivity contribution in [3.8, 4) is 0 Å². The highest BCUT2D eigenvalue weighted by Gasteiger charge is 2.22. The van der Waals surface area contributed by atoms with Crippen LogP contribution in [-0.4, -0.2) is 65.7 Å². The number of amidine groups is 1. The van der Waals surface area contributed by atoms with Crippen LogP contribution < -0.4 is 0 Å². The van der Waals surface area contributed by atoms with Gasteiger partial charge in [-0.15, -0.1) is 0 Å². The number of piperazine rings is 1. The molecule has 1 fully saturated rings. The molecule has 0 spiro atoms. The van der Waals surface area contributed by atoms with Crippen LogP contribution in [0.15, 0.2) is 89.9 Å². The highest BCUT2D eigenvalue weighted by Crippen LogP contribution is 2.19. The Bertz CT molecular complexity index is 1070. The van der Waals surface area contributed by atoms with Crippen LogP contribution in [0.4, 0.5) is 5.69 Å². The molecule has 0 N–H and O–H groups in total. The smallest absolute Gasteiger partial charge is 0.253 e. The minimum Gasteiger partial charge on any atom is -0.354 e. The van der Waals surface area contributed by atoms with Crippen LogP contribution in [-0.2, 0) is 6.54 Å². The maximum absolute atomic E-state index is 12.7. The minimum atomic E-state index is 0.0765. The molecule has 5 nitrogen and oxygen atoms in total. The second-order valence-electron chi connectivity index (χ2n) is 8.57. The number of carbonyl (C=O) groups is 1. The van der Waals surface area contributed by atoms with Gasteiger partial charge in [-0.05, 0) is 43.7 Å². The summed E-state index contributed by atoms with van der Waals surface area (Å²) >= 11 is 0. The average Bonchev–Trinajstić information content (AvgIpc) is 2.90. The summed E-state index contributed by atoms with van der Waals surface area (Å²) in [6.07, 6.45) is 0. The Kier molecular flexibility index (Phi) is 8.10. The third-order valence-corrected chi connectivity index (χ3v) is 6.35. The molecule has 3 aromatic rings. The van der Waals surface area contributed by atoms with Gasteiger partial charge in [0.2, 0.25) is 0 Å². The fraction of sp³-hybridized carbons (Fsp3) is 0.310. The number of amides is 1. The maximum Gasteiger partial charge on any atom is 0.253 e. The Morgan fingerprint density at radius 2 is 1.32 bits per heavy atom. The molecule has 4 rings (SSSR count). The molecular weight excluding hydrogens is 420 g/mol. The second-order valence-corrected chi connectivity index (χ2v) is 8.57. The summed E-state index contributed by atoms with van der Waals surface area (Å²) in [5.41, 5.74) is 4.05. The van der Waals surface area contributed by atoms with E-state index in [0.29, 0.717) is 13.1 Å². The molecule has 0 aromatic heterocycles. The Labute approximate surface area is 203 Å². The summed E-state index contributed by atoms with van der Waals surface area (Å²) in [5, 5.41) is 0. The first-order chi connectivity index (χ1) is 16.7. The lowest BCUT2D eigenvalue weighted by molar-refractivity contribution is 0.0773. The van der Waals surface area contributed by atoms with Gasteiger partial charge in [0, 0.05) is 56.9 Å². The molecule has 1 saturated heterocycles. The maximum atomic E-state index is 12.7. The van der Waals surface area contributed by atoms with Gasteiger partial charge < -0.3 is 9.80 Å². The molecule has 0 bridgehead atoms. The Hall–Kier alpha value is -3.44. The van der Waals surface area contributed by atoms with Crippen LogP contribution >= 0.6 is 0 Å². The van der Waals surface area contributed by atoms with Crippen LogP contribution in [0, 0.1) is 0 Å². The monoisotopic (exact) mass is 454 g/mol. The summed E-state index contributed by atoms with van der Waals surface area (Å²) in [4.78, 5) is 24.5.